The SMILES string of the molecule is CC(C)(C)c1ccc(-c2nnc(-c3ccc4c(c3)[C@]3(c5ccccc5-4)c4ccc(-c5cc(-c6ccccc6)ccc5-c5nnc(-c6ccc(C(C)(C)C)cc6)o5)cc4-c4ccc(-c5nnc(-c6ccc(C(C)(C)C)cc6)o5)cc43)o2)cc1. The van der Waals surface area contributed by atoms with Crippen LogP contribution in [0.15, 0.2) is 213 Å². The number of nitrogens with zero attached hydrogens (tertiary/aromatic N) is 6. The van der Waals surface area contributed by atoms with Crippen LogP contribution in [0.1, 0.15) is 101 Å². The molecule has 0 amide bonds. The van der Waals surface area contributed by atoms with E-state index < -0.39 is 5.41 Å². The van der Waals surface area contributed by atoms with Crippen LogP contribution in [0, 0.1) is 0 Å². The van der Waals surface area contributed by atoms with Crippen molar-refractivity contribution in [1.82, 2.24) is 30.6 Å². The summed E-state index contributed by atoms with van der Waals surface area (Å²) in [5.74, 6) is 2.71. The Hall–Kier alpha value is -9.60. The van der Waals surface area contributed by atoms with Crippen molar-refractivity contribution in [3.8, 4) is 113 Å². The average Bonchev–Trinajstić information content (AvgIpc) is 2.06. The van der Waals surface area contributed by atoms with Crippen molar-refractivity contribution in [2.75, 3.05) is 0 Å². The highest BCUT2D eigenvalue weighted by Gasteiger charge is 2.52. The van der Waals surface area contributed by atoms with Crippen LogP contribution >= 0.6 is 0 Å². The van der Waals surface area contributed by atoms with Crippen LogP contribution in [-0.4, -0.2) is 30.6 Å². The monoisotopic (exact) mass is 1070 g/mol. The van der Waals surface area contributed by atoms with Gasteiger partial charge in [0.1, 0.15) is 0 Å². The zero-order valence-corrected chi connectivity index (χ0v) is 47.5. The first-order valence-corrected chi connectivity index (χ1v) is 28.1. The minimum Gasteiger partial charge on any atom is -0.416 e. The van der Waals surface area contributed by atoms with Crippen molar-refractivity contribution in [3.63, 3.8) is 0 Å². The standard InChI is InChI=1S/C73H60N6O3/c1-70(2,3)51-29-19-44(20-30-51)64-74-77-67(80-64)49-26-35-55-54-17-13-14-18-60(54)73(62(55)41-49)61-38-28-48(40-59(61)56-36-27-50(42-63(56)73)68-78-75-65(81-68)45-21-31-52(32-22-45)71(4,5)6)58-39-47(43-15-11-10-12-16-43)25-37-57(58)69-79-76-66(82-69)46-23-33-53(34-24-46)72(7,8)9/h10-42H,1-9H3/t73-/m0/s1. The van der Waals surface area contributed by atoms with Crippen LogP contribution in [0.4, 0.5) is 0 Å². The van der Waals surface area contributed by atoms with Crippen molar-refractivity contribution >= 4 is 0 Å². The lowest BCUT2D eigenvalue weighted by molar-refractivity contribution is 0.581. The maximum atomic E-state index is 6.63. The number of hydrogen-bond acceptors (Lipinski definition) is 9. The summed E-state index contributed by atoms with van der Waals surface area (Å²) in [5.41, 5.74) is 21.1. The Morgan fingerprint density at radius 2 is 0.598 bits per heavy atom. The number of hydrogen-bond donors (Lipinski definition) is 0. The third-order valence-corrected chi connectivity index (χ3v) is 16.6. The van der Waals surface area contributed by atoms with Crippen LogP contribution in [0.5, 0.6) is 0 Å². The molecule has 2 aliphatic rings. The van der Waals surface area contributed by atoms with Gasteiger partial charge in [-0.05, 0) is 179 Å². The highest BCUT2D eigenvalue weighted by atomic mass is 16.4. The maximum Gasteiger partial charge on any atom is 0.248 e. The number of fused-ring (bicyclic) bond motifs is 10. The molecule has 0 N–H and O–H groups in total. The lowest BCUT2D eigenvalue weighted by atomic mass is 9.70. The fourth-order valence-corrected chi connectivity index (χ4v) is 12.1. The van der Waals surface area contributed by atoms with Gasteiger partial charge < -0.3 is 13.3 Å². The molecule has 0 unspecified atom stereocenters. The molecule has 3 aromatic heterocycles. The van der Waals surface area contributed by atoms with E-state index in [0.717, 1.165) is 94.6 Å². The average molecular weight is 1070 g/mol. The van der Waals surface area contributed by atoms with Gasteiger partial charge in [0.2, 0.25) is 35.3 Å². The van der Waals surface area contributed by atoms with E-state index in [4.69, 9.17) is 23.4 Å². The molecule has 0 saturated heterocycles. The normalized spacial score (nSPS) is 14.5. The molecule has 1 atom stereocenters. The lowest BCUT2D eigenvalue weighted by Gasteiger charge is -2.31. The molecule has 14 rings (SSSR count). The van der Waals surface area contributed by atoms with Crippen LogP contribution in [0.2, 0.25) is 0 Å². The van der Waals surface area contributed by atoms with Gasteiger partial charge in [-0.25, -0.2) is 0 Å². The minimum absolute atomic E-state index is 0.00905. The number of benzene rings is 9. The van der Waals surface area contributed by atoms with Crippen molar-refractivity contribution in [2.45, 2.75) is 84.0 Å². The highest BCUT2D eigenvalue weighted by molar-refractivity contribution is 5.98. The van der Waals surface area contributed by atoms with Crippen LogP contribution in [0.25, 0.3) is 113 Å². The Kier molecular flexibility index (Phi) is 11.6. The van der Waals surface area contributed by atoms with Crippen molar-refractivity contribution < 1.29 is 13.3 Å². The zero-order valence-electron chi connectivity index (χ0n) is 47.5. The smallest absolute Gasteiger partial charge is 0.248 e. The predicted octanol–water partition coefficient (Wildman–Crippen LogP) is 18.4. The van der Waals surface area contributed by atoms with Gasteiger partial charge in [0, 0.05) is 33.4 Å². The molecular formula is C73H60N6O3. The lowest BCUT2D eigenvalue weighted by Crippen LogP contribution is -2.26. The second-order valence-corrected chi connectivity index (χ2v) is 24.9. The molecule has 9 aromatic carbocycles. The molecule has 400 valence electrons. The van der Waals surface area contributed by atoms with E-state index in [9.17, 15) is 0 Å². The first-order valence-electron chi connectivity index (χ1n) is 28.1. The molecule has 0 fully saturated rings. The summed E-state index contributed by atoms with van der Waals surface area (Å²) in [6.07, 6.45) is 0. The Bertz CT molecular complexity index is 4430. The quantitative estimate of drug-likeness (QED) is 0.147. The molecule has 0 aliphatic heterocycles. The summed E-state index contributed by atoms with van der Waals surface area (Å²) < 4.78 is 19.8. The fourth-order valence-electron chi connectivity index (χ4n) is 12.1. The van der Waals surface area contributed by atoms with E-state index in [0.29, 0.717) is 35.3 Å². The molecule has 2 aliphatic carbocycles. The van der Waals surface area contributed by atoms with E-state index in [1.807, 2.05) is 6.07 Å². The second-order valence-electron chi connectivity index (χ2n) is 24.9. The zero-order chi connectivity index (χ0) is 56.3. The van der Waals surface area contributed by atoms with Gasteiger partial charge >= 0.3 is 0 Å². The largest absolute Gasteiger partial charge is 0.416 e. The van der Waals surface area contributed by atoms with E-state index in [1.165, 1.54) is 22.3 Å². The highest BCUT2D eigenvalue weighted by Crippen LogP contribution is 2.64. The molecule has 0 saturated carbocycles. The number of rotatable bonds is 8. The predicted molar refractivity (Wildman–Crippen MR) is 326 cm³/mol. The molecule has 1 spiro atoms. The topological polar surface area (TPSA) is 117 Å². The molecule has 82 heavy (non-hydrogen) atoms. The maximum absolute atomic E-state index is 6.63. The third kappa shape index (κ3) is 8.44. The van der Waals surface area contributed by atoms with Crippen LogP contribution < -0.4 is 0 Å². The van der Waals surface area contributed by atoms with Gasteiger partial charge in [-0.2, -0.15) is 0 Å². The summed E-state index contributed by atoms with van der Waals surface area (Å²) >= 11 is 0. The summed E-state index contributed by atoms with van der Waals surface area (Å²) in [6, 6.07) is 71.0. The summed E-state index contributed by atoms with van der Waals surface area (Å²) in [7, 11) is 0. The molecule has 9 heteroatoms. The van der Waals surface area contributed by atoms with Crippen molar-refractivity contribution in [1.29, 1.82) is 0 Å². The Labute approximate surface area is 477 Å². The van der Waals surface area contributed by atoms with Crippen LogP contribution in [-0.2, 0) is 21.7 Å². The van der Waals surface area contributed by atoms with Gasteiger partial charge in [-0.3, -0.25) is 0 Å². The molecular weight excluding hydrogens is 1010 g/mol. The van der Waals surface area contributed by atoms with E-state index in [-0.39, 0.29) is 16.2 Å². The van der Waals surface area contributed by atoms with Gasteiger partial charge in [0.25, 0.3) is 0 Å². The van der Waals surface area contributed by atoms with Crippen LogP contribution in [0.3, 0.4) is 0 Å². The third-order valence-electron chi connectivity index (χ3n) is 16.6. The number of aromatic nitrogens is 6. The minimum atomic E-state index is -0.795. The van der Waals surface area contributed by atoms with E-state index >= 15 is 0 Å². The van der Waals surface area contributed by atoms with Gasteiger partial charge in [-0.15, -0.1) is 30.6 Å². The fraction of sp³-hybridized carbons (Fsp3) is 0.178. The summed E-state index contributed by atoms with van der Waals surface area (Å²) in [5, 5.41) is 27.9. The van der Waals surface area contributed by atoms with Gasteiger partial charge in [-0.1, -0.05) is 184 Å². The summed E-state index contributed by atoms with van der Waals surface area (Å²) in [6.45, 7) is 19.9. The molecule has 12 aromatic rings. The van der Waals surface area contributed by atoms with Gasteiger partial charge in [0.05, 0.1) is 5.41 Å². The molecule has 3 heterocycles. The first-order chi connectivity index (χ1) is 39.5. The molecule has 9 nitrogen and oxygen atoms in total. The molecule has 0 bridgehead atoms. The van der Waals surface area contributed by atoms with Crippen molar-refractivity contribution in [2.24, 2.45) is 0 Å². The summed E-state index contributed by atoms with van der Waals surface area (Å²) in [4.78, 5) is 0. The van der Waals surface area contributed by atoms with Gasteiger partial charge in [0.15, 0.2) is 0 Å². The van der Waals surface area contributed by atoms with Crippen molar-refractivity contribution in [3.05, 3.63) is 239 Å². The van der Waals surface area contributed by atoms with E-state index in [1.54, 1.807) is 0 Å². The second kappa shape index (κ2) is 18.7. The molecule has 0 radical (unpaired) electrons. The first kappa shape index (κ1) is 50.6. The Balaban J connectivity index is 0.944. The Morgan fingerprint density at radius 3 is 1.10 bits per heavy atom. The van der Waals surface area contributed by atoms with E-state index in [2.05, 4.69) is 277 Å². The Morgan fingerprint density at radius 1 is 0.244 bits per heavy atom.